The van der Waals surface area contributed by atoms with Crippen molar-refractivity contribution >= 4 is 158 Å². The van der Waals surface area contributed by atoms with E-state index in [1.54, 1.807) is 6.07 Å². The van der Waals surface area contributed by atoms with Gasteiger partial charge in [-0.1, -0.05) is 0 Å². The predicted molar refractivity (Wildman–Crippen MR) is 186 cm³/mol. The molecule has 0 amide bonds. The molecule has 3 rings (SSSR count). The number of ether oxygens (including phenoxy) is 2. The molecule has 0 spiro atoms. The summed E-state index contributed by atoms with van der Waals surface area (Å²) in [7, 11) is -4.21. The van der Waals surface area contributed by atoms with Gasteiger partial charge in [0, 0.05) is 37.2 Å². The van der Waals surface area contributed by atoms with Crippen molar-refractivity contribution in [2.75, 3.05) is 25.6 Å². The van der Waals surface area contributed by atoms with Gasteiger partial charge in [0.15, 0.2) is 12.6 Å². The van der Waals surface area contributed by atoms with Crippen LogP contribution < -0.4 is 56.1 Å². The zero-order chi connectivity index (χ0) is 27.5. The number of carbonyl (C=O) groups is 2. The van der Waals surface area contributed by atoms with Crippen LogP contribution in [0.25, 0.3) is 0 Å². The van der Waals surface area contributed by atoms with Gasteiger partial charge in [-0.05, 0) is 167 Å². The number of aromatic hydroxyl groups is 1. The van der Waals surface area contributed by atoms with Crippen molar-refractivity contribution in [2.24, 2.45) is 0 Å². The van der Waals surface area contributed by atoms with Gasteiger partial charge in [-0.15, -0.1) is 0 Å². The normalized spacial score (nSPS) is 12.3. The Labute approximate surface area is 340 Å². The molecule has 0 bridgehead atoms. The summed E-state index contributed by atoms with van der Waals surface area (Å²) in [5.41, 5.74) is 1.11. The average Bonchev–Trinajstić information content (AvgIpc) is 3.37. The van der Waals surface area contributed by atoms with E-state index in [1.165, 1.54) is 12.8 Å². The standard InChI is InChI=1S/C10H9I3O5S.C7H3I3O2.C4H8O.K/c11-7-4-8(12)10(9(13)6(7)5-14)18-2-1-3-19(15,16)17;8-4-1-5(9)7(12)6(10)3(4)2-11;1-2-4-5-3-1;/h4-5H,1-3H2,(H,15,16,17);1-2,12H;1-4H2;/q;;;+1/p-1. The van der Waals surface area contributed by atoms with E-state index in [0.29, 0.717) is 24.0 Å². The fourth-order valence-electron chi connectivity index (χ4n) is 2.45. The molecule has 0 radical (unpaired) electrons. The maximum absolute atomic E-state index is 11.0. The third kappa shape index (κ3) is 15.0. The Hall–Kier alpha value is 3.27. The molecule has 37 heavy (non-hydrogen) atoms. The molecule has 1 heterocycles. The summed E-state index contributed by atoms with van der Waals surface area (Å²) < 4.78 is 46.4. The Bertz CT molecular complexity index is 1170. The molecule has 1 N–H and O–H groups in total. The van der Waals surface area contributed by atoms with Gasteiger partial charge in [-0.25, -0.2) is 8.42 Å². The van der Waals surface area contributed by atoms with Crippen LogP contribution in [0.15, 0.2) is 12.1 Å². The Morgan fingerprint density at radius 2 is 1.38 bits per heavy atom. The summed E-state index contributed by atoms with van der Waals surface area (Å²) in [6.07, 6.45) is 4.20. The third-order valence-corrected chi connectivity index (χ3v) is 10.6. The maximum Gasteiger partial charge on any atom is 1.00 e. The van der Waals surface area contributed by atoms with E-state index >= 15 is 0 Å². The van der Waals surface area contributed by atoms with Crippen molar-refractivity contribution in [3.8, 4) is 11.5 Å². The number of halogens is 6. The van der Waals surface area contributed by atoms with Gasteiger partial charge in [0.05, 0.1) is 31.0 Å². The van der Waals surface area contributed by atoms with Gasteiger partial charge in [-0.2, -0.15) is 0 Å². The third-order valence-electron chi connectivity index (χ3n) is 4.19. The van der Waals surface area contributed by atoms with E-state index in [4.69, 9.17) is 9.47 Å². The first kappa shape index (κ1) is 40.3. The Morgan fingerprint density at radius 1 is 0.892 bits per heavy atom. The molecule has 16 heteroatoms. The van der Waals surface area contributed by atoms with E-state index in [2.05, 4.69) is 67.8 Å². The molecule has 1 aliphatic heterocycles. The number of benzene rings is 2. The summed E-state index contributed by atoms with van der Waals surface area (Å²) in [6.45, 7) is 2.12. The Morgan fingerprint density at radius 3 is 1.81 bits per heavy atom. The molecule has 8 nitrogen and oxygen atoms in total. The monoisotopic (exact) mass is 1230 g/mol. The fraction of sp³-hybridized carbons (Fsp3) is 0.333. The van der Waals surface area contributed by atoms with Crippen molar-refractivity contribution in [2.45, 2.75) is 19.3 Å². The number of phenols is 1. The minimum absolute atomic E-state index is 0. The number of phenolic OH excluding ortho intramolecular Hbond substituents is 1. The van der Waals surface area contributed by atoms with E-state index in [0.717, 1.165) is 40.1 Å². The second-order valence-electron chi connectivity index (χ2n) is 6.83. The molecular weight excluding hydrogens is 1210 g/mol. The summed E-state index contributed by atoms with van der Waals surface area (Å²) in [5.74, 6) is 0.288. The average molecular weight is 1230 g/mol. The maximum atomic E-state index is 11.0. The Balaban J connectivity index is 0.000000609. The van der Waals surface area contributed by atoms with Crippen molar-refractivity contribution < 1.29 is 88.5 Å². The molecular formula is C21H19I6KO8S. The summed E-state index contributed by atoms with van der Waals surface area (Å²) in [5, 5.41) is 9.47. The molecule has 2 aromatic rings. The second-order valence-corrected chi connectivity index (χ2v) is 15.2. The number of hydrogen-bond donors (Lipinski definition) is 1. The molecule has 1 aliphatic rings. The molecule has 0 aliphatic carbocycles. The van der Waals surface area contributed by atoms with E-state index in [-0.39, 0.29) is 70.2 Å². The largest absolute Gasteiger partial charge is 1.00 e. The summed E-state index contributed by atoms with van der Waals surface area (Å²) >= 11 is 12.2. The van der Waals surface area contributed by atoms with Gasteiger partial charge in [0.1, 0.15) is 11.5 Å². The van der Waals surface area contributed by atoms with Gasteiger partial charge in [0.25, 0.3) is 0 Å². The van der Waals surface area contributed by atoms with Gasteiger partial charge >= 0.3 is 51.4 Å². The van der Waals surface area contributed by atoms with Crippen LogP contribution >= 0.6 is 136 Å². The van der Waals surface area contributed by atoms with Crippen LogP contribution in [0.1, 0.15) is 40.0 Å². The fourth-order valence-corrected chi connectivity index (χ4v) is 10.5. The molecule has 0 saturated carbocycles. The van der Waals surface area contributed by atoms with E-state index in [1.807, 2.05) is 73.8 Å². The zero-order valence-electron chi connectivity index (χ0n) is 19.2. The van der Waals surface area contributed by atoms with Gasteiger partial charge in [-0.3, -0.25) is 9.59 Å². The van der Waals surface area contributed by atoms with Crippen LogP contribution in [0.3, 0.4) is 0 Å². The number of carbonyl (C=O) groups excluding carboxylic acids is 2. The Kier molecular flexibility index (Phi) is 22.9. The van der Waals surface area contributed by atoms with Gasteiger partial charge < -0.3 is 19.1 Å². The summed E-state index contributed by atoms with van der Waals surface area (Å²) in [6, 6.07) is 3.59. The van der Waals surface area contributed by atoms with E-state index in [9.17, 15) is 27.7 Å². The molecule has 0 atom stereocenters. The van der Waals surface area contributed by atoms with Gasteiger partial charge in [0.2, 0.25) is 0 Å². The topological polar surface area (TPSA) is 130 Å². The minimum atomic E-state index is -4.21. The smallest absolute Gasteiger partial charge is 0.748 e. The minimum Gasteiger partial charge on any atom is -0.748 e. The molecule has 200 valence electrons. The quantitative estimate of drug-likeness (QED) is 0.147. The van der Waals surface area contributed by atoms with E-state index < -0.39 is 15.9 Å². The van der Waals surface area contributed by atoms with Crippen LogP contribution in [0.5, 0.6) is 11.5 Å². The van der Waals surface area contributed by atoms with Crippen LogP contribution in [0.4, 0.5) is 0 Å². The number of rotatable bonds is 7. The van der Waals surface area contributed by atoms with Crippen molar-refractivity contribution in [3.05, 3.63) is 44.7 Å². The van der Waals surface area contributed by atoms with Crippen LogP contribution in [0, 0.1) is 21.4 Å². The van der Waals surface area contributed by atoms with Crippen molar-refractivity contribution in [3.63, 3.8) is 0 Å². The van der Waals surface area contributed by atoms with Crippen LogP contribution in [-0.4, -0.2) is 56.2 Å². The molecule has 0 unspecified atom stereocenters. The molecule has 1 saturated heterocycles. The van der Waals surface area contributed by atoms with Crippen LogP contribution in [0.2, 0.25) is 0 Å². The first-order valence-electron chi connectivity index (χ1n) is 9.92. The zero-order valence-corrected chi connectivity index (χ0v) is 36.1. The number of aldehydes is 2. The first-order valence-corrected chi connectivity index (χ1v) is 18.0. The molecule has 2 aromatic carbocycles. The number of hydrogen-bond acceptors (Lipinski definition) is 8. The summed E-state index contributed by atoms with van der Waals surface area (Å²) in [4.78, 5) is 21.6. The van der Waals surface area contributed by atoms with Crippen molar-refractivity contribution in [1.29, 1.82) is 0 Å². The predicted octanol–water partition coefficient (Wildman–Crippen LogP) is 3.45. The SMILES string of the molecule is C1CCOC1.O=Cc1c(I)cc(I)c(O)c1I.O=Cc1c(I)cc(I)c(OCCCS(=O)(=O)[O-])c1I.[K+]. The molecule has 1 fully saturated rings. The molecule has 0 aromatic heterocycles. The second kappa shape index (κ2) is 21.0. The first-order chi connectivity index (χ1) is 16.8. The van der Waals surface area contributed by atoms with Crippen molar-refractivity contribution in [1.82, 2.24) is 0 Å². The van der Waals surface area contributed by atoms with Crippen LogP contribution in [-0.2, 0) is 14.9 Å².